The quantitative estimate of drug-likeness (QED) is 0.482. The minimum atomic E-state index is -1.45. The molecule has 1 amide bonds. The fourth-order valence-corrected chi connectivity index (χ4v) is 5.06. The molecular formula is C23H18N4O5. The molecule has 2 heterocycles. The topological polar surface area (TPSA) is 127 Å². The summed E-state index contributed by atoms with van der Waals surface area (Å²) in [5, 5.41) is 30.0. The average molecular weight is 430 g/mol. The molecule has 1 fully saturated rings. The zero-order valence-corrected chi connectivity index (χ0v) is 16.7. The number of anilines is 1. The molecule has 3 aromatic carbocycles. The van der Waals surface area contributed by atoms with E-state index in [-0.39, 0.29) is 5.69 Å². The van der Waals surface area contributed by atoms with Crippen LogP contribution >= 0.6 is 0 Å². The first-order chi connectivity index (χ1) is 15.4. The molecule has 9 heteroatoms. The van der Waals surface area contributed by atoms with Gasteiger partial charge in [-0.05, 0) is 17.2 Å². The molecule has 1 saturated heterocycles. The van der Waals surface area contributed by atoms with E-state index in [9.17, 15) is 25.0 Å². The molecule has 1 spiro atoms. The molecular weight excluding hydrogens is 412 g/mol. The largest absolute Gasteiger partial charge is 0.324 e. The zero-order valence-electron chi connectivity index (χ0n) is 16.7. The first-order valence-corrected chi connectivity index (χ1v) is 10.0. The van der Waals surface area contributed by atoms with Crippen LogP contribution in [-0.2, 0) is 10.3 Å². The SMILES string of the molecule is O=C1Nc2ccccc2[C@]12NC(c1ccccc1)C([N+](=O)[O-])C2c1cccc([N+](=O)[O-])c1. The van der Waals surface area contributed by atoms with Gasteiger partial charge < -0.3 is 5.32 Å². The van der Waals surface area contributed by atoms with Crippen molar-refractivity contribution in [3.8, 4) is 0 Å². The Hall–Kier alpha value is -4.11. The average Bonchev–Trinajstić information content (AvgIpc) is 3.31. The molecule has 9 nitrogen and oxygen atoms in total. The van der Waals surface area contributed by atoms with Crippen LogP contribution in [0.25, 0.3) is 0 Å². The fraction of sp³-hybridized carbons (Fsp3) is 0.174. The van der Waals surface area contributed by atoms with Gasteiger partial charge in [-0.25, -0.2) is 0 Å². The molecule has 0 bridgehead atoms. The highest BCUT2D eigenvalue weighted by Gasteiger charge is 2.67. The number of para-hydroxylation sites is 1. The highest BCUT2D eigenvalue weighted by atomic mass is 16.6. The number of rotatable bonds is 4. The van der Waals surface area contributed by atoms with E-state index in [2.05, 4.69) is 10.6 Å². The van der Waals surface area contributed by atoms with Gasteiger partial charge in [0.05, 0.1) is 10.8 Å². The number of nitro benzene ring substituents is 1. The van der Waals surface area contributed by atoms with Crippen LogP contribution in [0.4, 0.5) is 11.4 Å². The minimum absolute atomic E-state index is 0.186. The molecule has 3 unspecified atom stereocenters. The summed E-state index contributed by atoms with van der Waals surface area (Å²) in [6, 6.07) is 19.7. The number of amides is 1. The van der Waals surface area contributed by atoms with Crippen molar-refractivity contribution in [3.63, 3.8) is 0 Å². The van der Waals surface area contributed by atoms with Crippen LogP contribution in [0.5, 0.6) is 0 Å². The van der Waals surface area contributed by atoms with E-state index in [0.717, 1.165) is 0 Å². The van der Waals surface area contributed by atoms with Crippen molar-refractivity contribution in [2.75, 3.05) is 5.32 Å². The Morgan fingerprint density at radius 1 is 0.844 bits per heavy atom. The summed E-state index contributed by atoms with van der Waals surface area (Å²) in [4.78, 5) is 36.4. The second-order valence-electron chi connectivity index (χ2n) is 7.95. The van der Waals surface area contributed by atoms with Crippen molar-refractivity contribution in [2.45, 2.75) is 23.5 Å². The maximum atomic E-state index is 13.5. The van der Waals surface area contributed by atoms with Gasteiger partial charge in [0.25, 0.3) is 5.69 Å². The monoisotopic (exact) mass is 430 g/mol. The van der Waals surface area contributed by atoms with Gasteiger partial charge in [0, 0.05) is 28.3 Å². The molecule has 0 saturated carbocycles. The summed E-state index contributed by atoms with van der Waals surface area (Å²) < 4.78 is 0. The van der Waals surface area contributed by atoms with E-state index < -0.39 is 39.3 Å². The van der Waals surface area contributed by atoms with E-state index in [4.69, 9.17) is 0 Å². The highest BCUT2D eigenvalue weighted by Crippen LogP contribution is 2.55. The van der Waals surface area contributed by atoms with Crippen molar-refractivity contribution >= 4 is 17.3 Å². The highest BCUT2D eigenvalue weighted by molar-refractivity contribution is 6.07. The van der Waals surface area contributed by atoms with Crippen LogP contribution in [0.2, 0.25) is 0 Å². The predicted octanol–water partition coefficient (Wildman–Crippen LogP) is 3.52. The third-order valence-electron chi connectivity index (χ3n) is 6.33. The molecule has 0 aliphatic carbocycles. The van der Waals surface area contributed by atoms with Crippen LogP contribution in [0, 0.1) is 20.2 Å². The molecule has 2 aliphatic rings. The molecule has 5 rings (SSSR count). The Morgan fingerprint density at radius 2 is 1.53 bits per heavy atom. The Labute approximate surface area is 182 Å². The van der Waals surface area contributed by atoms with Crippen LogP contribution < -0.4 is 10.6 Å². The Balaban J connectivity index is 1.78. The number of non-ortho nitro benzene ring substituents is 1. The van der Waals surface area contributed by atoms with Gasteiger partial charge in [0.2, 0.25) is 11.9 Å². The molecule has 3 aromatic rings. The van der Waals surface area contributed by atoms with Crippen LogP contribution in [0.1, 0.15) is 28.7 Å². The Morgan fingerprint density at radius 3 is 2.25 bits per heavy atom. The van der Waals surface area contributed by atoms with E-state index in [1.165, 1.54) is 18.2 Å². The number of nitrogens with one attached hydrogen (secondary N) is 2. The van der Waals surface area contributed by atoms with Crippen molar-refractivity contribution < 1.29 is 14.6 Å². The Kier molecular flexibility index (Phi) is 4.49. The summed E-state index contributed by atoms with van der Waals surface area (Å²) in [7, 11) is 0. The first-order valence-electron chi connectivity index (χ1n) is 10.0. The molecule has 160 valence electrons. The lowest BCUT2D eigenvalue weighted by atomic mass is 9.74. The molecule has 0 aromatic heterocycles. The summed E-state index contributed by atoms with van der Waals surface area (Å²) in [5.41, 5.74) is 0.541. The predicted molar refractivity (Wildman–Crippen MR) is 116 cm³/mol. The zero-order chi connectivity index (χ0) is 22.5. The molecule has 2 aliphatic heterocycles. The summed E-state index contributed by atoms with van der Waals surface area (Å²) in [6.45, 7) is 0. The van der Waals surface area contributed by atoms with Gasteiger partial charge in [0.15, 0.2) is 0 Å². The molecule has 32 heavy (non-hydrogen) atoms. The lowest BCUT2D eigenvalue weighted by Gasteiger charge is -2.29. The van der Waals surface area contributed by atoms with Gasteiger partial charge in [-0.15, -0.1) is 0 Å². The maximum absolute atomic E-state index is 13.5. The number of hydrogen-bond acceptors (Lipinski definition) is 6. The second kappa shape index (κ2) is 7.24. The lowest BCUT2D eigenvalue weighted by molar-refractivity contribution is -0.527. The van der Waals surface area contributed by atoms with Gasteiger partial charge in [-0.2, -0.15) is 0 Å². The van der Waals surface area contributed by atoms with Gasteiger partial charge in [0.1, 0.15) is 11.6 Å². The maximum Gasteiger partial charge on any atom is 0.269 e. The number of fused-ring (bicyclic) bond motifs is 2. The second-order valence-corrected chi connectivity index (χ2v) is 7.95. The number of carbonyl (C=O) groups excluding carboxylic acids is 1. The standard InChI is InChI=1S/C23H18N4O5/c28-22-23(17-11-4-5-12-18(17)24-22)19(15-9-6-10-16(13-15)26(29)30)21(27(31)32)20(25-23)14-7-2-1-3-8-14/h1-13,19-21,25H,(H,24,28)/t19?,20?,21?,23-/m1/s1. The summed E-state index contributed by atoms with van der Waals surface area (Å²) in [6.07, 6.45) is 0. The molecule has 0 radical (unpaired) electrons. The van der Waals surface area contributed by atoms with Gasteiger partial charge in [-0.3, -0.25) is 30.3 Å². The Bertz CT molecular complexity index is 1250. The van der Waals surface area contributed by atoms with Crippen molar-refractivity contribution in [2.24, 2.45) is 0 Å². The van der Waals surface area contributed by atoms with E-state index in [0.29, 0.717) is 22.4 Å². The first kappa shape index (κ1) is 19.8. The number of benzene rings is 3. The van der Waals surface area contributed by atoms with E-state index >= 15 is 0 Å². The van der Waals surface area contributed by atoms with Crippen molar-refractivity contribution in [3.05, 3.63) is 116 Å². The summed E-state index contributed by atoms with van der Waals surface area (Å²) in [5.74, 6) is -1.40. The minimum Gasteiger partial charge on any atom is -0.324 e. The normalized spacial score (nSPS) is 26.0. The molecule has 4 atom stereocenters. The number of nitrogens with zero attached hydrogens (tertiary/aromatic N) is 2. The van der Waals surface area contributed by atoms with Crippen LogP contribution in [0.15, 0.2) is 78.9 Å². The third-order valence-corrected chi connectivity index (χ3v) is 6.33. The third kappa shape index (κ3) is 2.78. The lowest BCUT2D eigenvalue weighted by Crippen LogP contribution is -2.48. The number of hydrogen-bond donors (Lipinski definition) is 2. The van der Waals surface area contributed by atoms with Crippen LogP contribution in [0.3, 0.4) is 0 Å². The van der Waals surface area contributed by atoms with Crippen molar-refractivity contribution in [1.29, 1.82) is 0 Å². The molecule has 2 N–H and O–H groups in total. The smallest absolute Gasteiger partial charge is 0.269 e. The number of nitro groups is 2. The van der Waals surface area contributed by atoms with E-state index in [1.807, 2.05) is 6.07 Å². The fourth-order valence-electron chi connectivity index (χ4n) is 5.06. The van der Waals surface area contributed by atoms with Gasteiger partial charge >= 0.3 is 0 Å². The van der Waals surface area contributed by atoms with E-state index in [1.54, 1.807) is 54.6 Å². The van der Waals surface area contributed by atoms with Crippen molar-refractivity contribution in [1.82, 2.24) is 5.32 Å². The van der Waals surface area contributed by atoms with Gasteiger partial charge in [-0.1, -0.05) is 60.7 Å². The summed E-state index contributed by atoms with van der Waals surface area (Å²) >= 11 is 0. The number of carbonyl (C=O) groups is 1. The van der Waals surface area contributed by atoms with Crippen LogP contribution in [-0.4, -0.2) is 21.8 Å².